The Morgan fingerprint density at radius 1 is 1.09 bits per heavy atom. The number of ether oxygens (including phenoxy) is 1. The lowest BCUT2D eigenvalue weighted by molar-refractivity contribution is -0.134. The van der Waals surface area contributed by atoms with E-state index in [4.69, 9.17) is 0 Å². The minimum absolute atomic E-state index is 0.155. The Morgan fingerprint density at radius 2 is 1.73 bits per heavy atom. The van der Waals surface area contributed by atoms with Crippen LogP contribution in [-0.2, 0) is 16.1 Å². The van der Waals surface area contributed by atoms with E-state index in [2.05, 4.69) is 34.3 Å². The number of rotatable bonds is 7. The van der Waals surface area contributed by atoms with Gasteiger partial charge in [0, 0.05) is 18.7 Å². The summed E-state index contributed by atoms with van der Waals surface area (Å²) in [7, 11) is 1.38. The first-order chi connectivity index (χ1) is 10.8. The third-order valence-electron chi connectivity index (χ3n) is 3.42. The molecule has 0 aliphatic carbocycles. The van der Waals surface area contributed by atoms with Crippen molar-refractivity contribution >= 4 is 5.97 Å². The van der Waals surface area contributed by atoms with Gasteiger partial charge in [-0.05, 0) is 17.5 Å². The van der Waals surface area contributed by atoms with Crippen LogP contribution < -0.4 is 5.32 Å². The van der Waals surface area contributed by atoms with Crippen molar-refractivity contribution in [2.45, 2.75) is 19.0 Å². The van der Waals surface area contributed by atoms with Crippen LogP contribution in [0.3, 0.4) is 0 Å². The fraction of sp³-hybridized carbons (Fsp3) is 0.211. The summed E-state index contributed by atoms with van der Waals surface area (Å²) in [5, 5.41) is 3.54. The van der Waals surface area contributed by atoms with Crippen molar-refractivity contribution in [3.05, 3.63) is 83.9 Å². The summed E-state index contributed by atoms with van der Waals surface area (Å²) in [5.74, 6) is -0.324. The van der Waals surface area contributed by atoms with Gasteiger partial charge in [0.2, 0.25) is 0 Å². The van der Waals surface area contributed by atoms with Gasteiger partial charge in [0.1, 0.15) is 0 Å². The van der Waals surface area contributed by atoms with Gasteiger partial charge in [-0.15, -0.1) is 0 Å². The van der Waals surface area contributed by atoms with E-state index in [0.717, 1.165) is 13.0 Å². The number of hydrogen-bond acceptors (Lipinski definition) is 3. The van der Waals surface area contributed by atoms with Crippen molar-refractivity contribution in [3.63, 3.8) is 0 Å². The average molecular weight is 295 g/mol. The van der Waals surface area contributed by atoms with E-state index in [1.54, 1.807) is 0 Å². The van der Waals surface area contributed by atoms with E-state index in [1.807, 2.05) is 42.5 Å². The molecule has 0 bridgehead atoms. The first-order valence-electron chi connectivity index (χ1n) is 7.36. The molecule has 114 valence electrons. The molecule has 0 aromatic heterocycles. The van der Waals surface area contributed by atoms with Crippen molar-refractivity contribution < 1.29 is 9.53 Å². The molecule has 0 saturated heterocycles. The molecule has 1 N–H and O–H groups in total. The van der Waals surface area contributed by atoms with Crippen molar-refractivity contribution in [1.29, 1.82) is 0 Å². The number of benzene rings is 2. The Kier molecular flexibility index (Phi) is 6.39. The smallest absolute Gasteiger partial charge is 0.330 e. The summed E-state index contributed by atoms with van der Waals surface area (Å²) in [6.07, 6.45) is 4.05. The molecule has 0 fully saturated rings. The third kappa shape index (κ3) is 5.19. The zero-order chi connectivity index (χ0) is 15.6. The maximum Gasteiger partial charge on any atom is 0.330 e. The summed E-state index contributed by atoms with van der Waals surface area (Å²) in [4.78, 5) is 11.2. The van der Waals surface area contributed by atoms with Gasteiger partial charge < -0.3 is 10.1 Å². The Morgan fingerprint density at radius 3 is 2.36 bits per heavy atom. The molecule has 0 amide bonds. The molecular formula is C19H21NO2. The summed E-state index contributed by atoms with van der Waals surface area (Å²) in [5.41, 5.74) is 2.44. The van der Waals surface area contributed by atoms with E-state index in [1.165, 1.54) is 24.3 Å². The Balaban J connectivity index is 2.02. The minimum Gasteiger partial charge on any atom is -0.466 e. The van der Waals surface area contributed by atoms with Crippen LogP contribution in [0.2, 0.25) is 0 Å². The predicted octanol–water partition coefficient (Wildman–Crippen LogP) is 3.64. The summed E-state index contributed by atoms with van der Waals surface area (Å²) in [6, 6.07) is 20.7. The lowest BCUT2D eigenvalue weighted by Crippen LogP contribution is -2.20. The summed E-state index contributed by atoms with van der Waals surface area (Å²) >= 11 is 0. The van der Waals surface area contributed by atoms with Crippen molar-refractivity contribution in [3.8, 4) is 0 Å². The SMILES string of the molecule is COC(=O)/C=C/CC(NCc1ccccc1)c1ccccc1. The highest BCUT2D eigenvalue weighted by Gasteiger charge is 2.09. The second-order valence-electron chi connectivity index (χ2n) is 4.99. The van der Waals surface area contributed by atoms with E-state index in [-0.39, 0.29) is 12.0 Å². The lowest BCUT2D eigenvalue weighted by Gasteiger charge is -2.18. The fourth-order valence-corrected chi connectivity index (χ4v) is 2.23. The van der Waals surface area contributed by atoms with Crippen LogP contribution in [0.1, 0.15) is 23.6 Å². The predicted molar refractivity (Wildman–Crippen MR) is 88.2 cm³/mol. The summed E-state index contributed by atoms with van der Waals surface area (Å²) < 4.78 is 4.62. The van der Waals surface area contributed by atoms with Gasteiger partial charge in [0.05, 0.1) is 7.11 Å². The van der Waals surface area contributed by atoms with Crippen molar-refractivity contribution in [2.24, 2.45) is 0 Å². The number of esters is 1. The normalized spacial score (nSPS) is 12.2. The lowest BCUT2D eigenvalue weighted by atomic mass is 10.0. The van der Waals surface area contributed by atoms with Crippen LogP contribution in [-0.4, -0.2) is 13.1 Å². The van der Waals surface area contributed by atoms with Crippen LogP contribution >= 0.6 is 0 Å². The molecule has 0 radical (unpaired) electrons. The molecule has 0 heterocycles. The molecule has 2 aromatic rings. The van der Waals surface area contributed by atoms with E-state index >= 15 is 0 Å². The number of carbonyl (C=O) groups is 1. The molecule has 1 atom stereocenters. The molecule has 2 aromatic carbocycles. The van der Waals surface area contributed by atoms with Crippen molar-refractivity contribution in [1.82, 2.24) is 5.32 Å². The maximum absolute atomic E-state index is 11.2. The zero-order valence-electron chi connectivity index (χ0n) is 12.7. The number of methoxy groups -OCH3 is 1. The molecule has 3 heteroatoms. The Labute approximate surface area is 131 Å². The van der Waals surface area contributed by atoms with Gasteiger partial charge in [-0.1, -0.05) is 66.7 Å². The van der Waals surface area contributed by atoms with Gasteiger partial charge in [-0.3, -0.25) is 0 Å². The van der Waals surface area contributed by atoms with Crippen LogP contribution in [0.15, 0.2) is 72.8 Å². The highest BCUT2D eigenvalue weighted by molar-refractivity contribution is 5.81. The van der Waals surface area contributed by atoms with Crippen LogP contribution in [0.5, 0.6) is 0 Å². The van der Waals surface area contributed by atoms with E-state index in [9.17, 15) is 4.79 Å². The molecule has 2 rings (SSSR count). The molecule has 1 unspecified atom stereocenters. The average Bonchev–Trinajstić information content (AvgIpc) is 2.59. The van der Waals surface area contributed by atoms with Crippen LogP contribution in [0, 0.1) is 0 Å². The number of nitrogens with one attached hydrogen (secondary N) is 1. The highest BCUT2D eigenvalue weighted by Crippen LogP contribution is 2.18. The number of hydrogen-bond donors (Lipinski definition) is 1. The second kappa shape index (κ2) is 8.80. The minimum atomic E-state index is -0.324. The maximum atomic E-state index is 11.2. The molecule has 0 spiro atoms. The summed E-state index contributed by atoms with van der Waals surface area (Å²) in [6.45, 7) is 0.784. The van der Waals surface area contributed by atoms with Gasteiger partial charge in [0.25, 0.3) is 0 Å². The molecule has 0 aliphatic rings. The molecule has 3 nitrogen and oxygen atoms in total. The van der Waals surface area contributed by atoms with Gasteiger partial charge in [-0.25, -0.2) is 4.79 Å². The van der Waals surface area contributed by atoms with E-state index < -0.39 is 0 Å². The van der Waals surface area contributed by atoms with E-state index in [0.29, 0.717) is 0 Å². The molecule has 22 heavy (non-hydrogen) atoms. The highest BCUT2D eigenvalue weighted by atomic mass is 16.5. The first-order valence-corrected chi connectivity index (χ1v) is 7.36. The third-order valence-corrected chi connectivity index (χ3v) is 3.42. The largest absolute Gasteiger partial charge is 0.466 e. The van der Waals surface area contributed by atoms with Gasteiger partial charge in [-0.2, -0.15) is 0 Å². The molecule has 0 aliphatic heterocycles. The topological polar surface area (TPSA) is 38.3 Å². The fourth-order valence-electron chi connectivity index (χ4n) is 2.23. The monoisotopic (exact) mass is 295 g/mol. The zero-order valence-corrected chi connectivity index (χ0v) is 12.7. The Bertz CT molecular complexity index is 593. The van der Waals surface area contributed by atoms with Crippen LogP contribution in [0.4, 0.5) is 0 Å². The number of carbonyl (C=O) groups excluding carboxylic acids is 1. The Hall–Kier alpha value is -2.39. The van der Waals surface area contributed by atoms with Gasteiger partial charge in [0.15, 0.2) is 0 Å². The standard InChI is InChI=1S/C19H21NO2/c1-22-19(21)14-8-13-18(17-11-6-3-7-12-17)20-15-16-9-4-2-5-10-16/h2-12,14,18,20H,13,15H2,1H3/b14-8+. The van der Waals surface area contributed by atoms with Gasteiger partial charge >= 0.3 is 5.97 Å². The molecular weight excluding hydrogens is 274 g/mol. The second-order valence-corrected chi connectivity index (χ2v) is 4.99. The van der Waals surface area contributed by atoms with Crippen LogP contribution in [0.25, 0.3) is 0 Å². The first kappa shape index (κ1) is 16.0. The quantitative estimate of drug-likeness (QED) is 0.626. The van der Waals surface area contributed by atoms with Crippen molar-refractivity contribution in [2.75, 3.05) is 7.11 Å². The molecule has 0 saturated carbocycles.